The second-order valence-electron chi connectivity index (χ2n) is 12.4. The van der Waals surface area contributed by atoms with Gasteiger partial charge in [0.15, 0.2) is 17.5 Å². The fourth-order valence-electron chi connectivity index (χ4n) is 7.82. The summed E-state index contributed by atoms with van der Waals surface area (Å²) in [6.45, 7) is 4.87. The van der Waals surface area contributed by atoms with Crippen molar-refractivity contribution in [2.75, 3.05) is 0 Å². The molecule has 0 N–H and O–H groups in total. The average molecular weight is 536 g/mol. The van der Waals surface area contributed by atoms with Gasteiger partial charge < -0.3 is 0 Å². The molecule has 2 saturated carbocycles. The first-order valence-electron chi connectivity index (χ1n) is 14.7. The molecule has 5 heteroatoms. The molecule has 0 spiro atoms. The van der Waals surface area contributed by atoms with E-state index in [1.807, 2.05) is 42.5 Å². The maximum Gasteiger partial charge on any atom is 0.164 e. The molecule has 202 valence electrons. The van der Waals surface area contributed by atoms with Crippen molar-refractivity contribution in [1.29, 1.82) is 5.26 Å². The first-order chi connectivity index (χ1) is 20.0. The molecule has 2 aromatic heterocycles. The van der Waals surface area contributed by atoms with Crippen LogP contribution in [0.15, 0.2) is 85.2 Å². The molecule has 4 atom stereocenters. The molecule has 3 aromatic carbocycles. The van der Waals surface area contributed by atoms with Crippen molar-refractivity contribution in [2.24, 2.45) is 17.8 Å². The number of pyridine rings is 1. The lowest BCUT2D eigenvalue weighted by molar-refractivity contribution is 0.0780. The van der Waals surface area contributed by atoms with Crippen molar-refractivity contribution < 1.29 is 0 Å². The SMILES string of the molecule is C[C@@H]1C[C@@H]2C[C@H](C)CC(c3ccc(-c4nc(-c5ccncc5)nc(-c5ccc6c(C#N)cccc6c5)n4)cc3)(C1)C2. The van der Waals surface area contributed by atoms with Crippen LogP contribution < -0.4 is 0 Å². The Kier molecular flexibility index (Phi) is 6.35. The number of hydrogen-bond donors (Lipinski definition) is 0. The molecule has 0 saturated heterocycles. The molecule has 5 aromatic rings. The molecule has 2 aliphatic carbocycles. The van der Waals surface area contributed by atoms with E-state index < -0.39 is 0 Å². The van der Waals surface area contributed by atoms with Gasteiger partial charge in [-0.2, -0.15) is 5.26 Å². The minimum atomic E-state index is 0.290. The van der Waals surface area contributed by atoms with Crippen LogP contribution in [-0.2, 0) is 5.41 Å². The molecule has 2 fully saturated rings. The molecule has 0 amide bonds. The van der Waals surface area contributed by atoms with Crippen molar-refractivity contribution in [3.05, 3.63) is 96.3 Å². The highest BCUT2D eigenvalue weighted by atomic mass is 15.0. The lowest BCUT2D eigenvalue weighted by atomic mass is 9.54. The fourth-order valence-corrected chi connectivity index (χ4v) is 7.82. The van der Waals surface area contributed by atoms with Crippen LogP contribution in [0.3, 0.4) is 0 Å². The number of hydrogen-bond acceptors (Lipinski definition) is 5. The first kappa shape index (κ1) is 25.5. The maximum absolute atomic E-state index is 9.54. The molecule has 0 radical (unpaired) electrons. The van der Waals surface area contributed by atoms with E-state index in [1.54, 1.807) is 12.4 Å². The summed E-state index contributed by atoms with van der Waals surface area (Å²) >= 11 is 0. The summed E-state index contributed by atoms with van der Waals surface area (Å²) in [6.07, 6.45) is 10.2. The Bertz CT molecular complexity index is 1750. The van der Waals surface area contributed by atoms with Crippen molar-refractivity contribution in [3.63, 3.8) is 0 Å². The summed E-state index contributed by atoms with van der Waals surface area (Å²) in [5.41, 5.74) is 5.19. The van der Waals surface area contributed by atoms with Crippen LogP contribution in [0, 0.1) is 29.1 Å². The van der Waals surface area contributed by atoms with E-state index in [0.29, 0.717) is 28.5 Å². The third-order valence-corrected chi connectivity index (χ3v) is 9.22. The van der Waals surface area contributed by atoms with Gasteiger partial charge in [0.05, 0.1) is 11.6 Å². The standard InChI is InChI=1S/C36H33N5/c1-23-16-25-17-24(2)20-36(19-23,21-25)31-9-6-26(7-10-31)33-39-34(27-12-14-38-15-13-27)41-35(40-33)29-8-11-32-28(18-29)4-3-5-30(32)22-37/h3-15,18,23-25H,16-17,19-21H2,1-2H3/t23-,24+,25-,36?. The highest BCUT2D eigenvalue weighted by Gasteiger charge is 2.45. The van der Waals surface area contributed by atoms with Gasteiger partial charge in [-0.1, -0.05) is 62.4 Å². The van der Waals surface area contributed by atoms with E-state index in [9.17, 15) is 5.26 Å². The van der Waals surface area contributed by atoms with Crippen molar-refractivity contribution in [3.8, 4) is 40.2 Å². The molecule has 0 aliphatic heterocycles. The number of nitrogens with zero attached hydrogens (tertiary/aromatic N) is 5. The van der Waals surface area contributed by atoms with Crippen molar-refractivity contribution in [2.45, 2.75) is 51.4 Å². The Labute approximate surface area is 241 Å². The Balaban J connectivity index is 1.31. The van der Waals surface area contributed by atoms with E-state index in [2.05, 4.69) is 55.2 Å². The predicted molar refractivity (Wildman–Crippen MR) is 163 cm³/mol. The zero-order chi connectivity index (χ0) is 28.0. The van der Waals surface area contributed by atoms with Gasteiger partial charge in [0.25, 0.3) is 0 Å². The maximum atomic E-state index is 9.54. The van der Waals surface area contributed by atoms with Crippen molar-refractivity contribution in [1.82, 2.24) is 19.9 Å². The van der Waals surface area contributed by atoms with Crippen LogP contribution in [0.25, 0.3) is 44.9 Å². The zero-order valence-corrected chi connectivity index (χ0v) is 23.6. The van der Waals surface area contributed by atoms with Gasteiger partial charge in [-0.15, -0.1) is 0 Å². The number of fused-ring (bicyclic) bond motifs is 3. The lowest BCUT2D eigenvalue weighted by Crippen LogP contribution is -2.42. The monoisotopic (exact) mass is 535 g/mol. The Morgan fingerprint density at radius 3 is 1.98 bits per heavy atom. The first-order valence-corrected chi connectivity index (χ1v) is 14.7. The van der Waals surface area contributed by atoms with Crippen LogP contribution in [0.1, 0.15) is 57.1 Å². The minimum Gasteiger partial charge on any atom is -0.265 e. The van der Waals surface area contributed by atoms with Gasteiger partial charge in [0, 0.05) is 29.1 Å². The summed E-state index contributed by atoms with van der Waals surface area (Å²) in [7, 11) is 0. The van der Waals surface area contributed by atoms with Crippen LogP contribution in [0.4, 0.5) is 0 Å². The summed E-state index contributed by atoms with van der Waals surface area (Å²) in [6, 6.07) is 27.0. The Hall–Kier alpha value is -4.43. The highest BCUT2D eigenvalue weighted by Crippen LogP contribution is 2.54. The Morgan fingerprint density at radius 1 is 0.707 bits per heavy atom. The number of aromatic nitrogens is 4. The molecule has 1 unspecified atom stereocenters. The normalized spacial score (nSPS) is 23.7. The van der Waals surface area contributed by atoms with Crippen LogP contribution in [-0.4, -0.2) is 19.9 Å². The quantitative estimate of drug-likeness (QED) is 0.231. The topological polar surface area (TPSA) is 75.3 Å². The lowest BCUT2D eigenvalue weighted by Gasteiger charge is -2.50. The van der Waals surface area contributed by atoms with Gasteiger partial charge >= 0.3 is 0 Å². The largest absolute Gasteiger partial charge is 0.265 e. The molecule has 5 nitrogen and oxygen atoms in total. The van der Waals surface area contributed by atoms with Crippen LogP contribution in [0.5, 0.6) is 0 Å². The summed E-state index contributed by atoms with van der Waals surface area (Å²) < 4.78 is 0. The third kappa shape index (κ3) is 4.78. The number of nitriles is 1. The molecular weight excluding hydrogens is 502 g/mol. The van der Waals surface area contributed by atoms with Gasteiger partial charge in [0.2, 0.25) is 0 Å². The number of rotatable bonds is 4. The fraction of sp³-hybridized carbons (Fsp3) is 0.306. The van der Waals surface area contributed by atoms with Crippen molar-refractivity contribution >= 4 is 10.8 Å². The smallest absolute Gasteiger partial charge is 0.164 e. The molecule has 2 aliphatic rings. The van der Waals surface area contributed by atoms with Gasteiger partial charge in [-0.05, 0) is 95.9 Å². The van der Waals surface area contributed by atoms with Crippen LogP contribution in [0.2, 0.25) is 0 Å². The van der Waals surface area contributed by atoms with E-state index >= 15 is 0 Å². The van der Waals surface area contributed by atoms with Gasteiger partial charge in [0.1, 0.15) is 0 Å². The summed E-state index contributed by atoms with van der Waals surface area (Å²) in [5.74, 6) is 4.29. The van der Waals surface area contributed by atoms with Crippen LogP contribution >= 0.6 is 0 Å². The molecule has 41 heavy (non-hydrogen) atoms. The van der Waals surface area contributed by atoms with E-state index in [0.717, 1.165) is 45.2 Å². The summed E-state index contributed by atoms with van der Waals surface area (Å²) in [5, 5.41) is 11.4. The van der Waals surface area contributed by atoms with E-state index in [-0.39, 0.29) is 0 Å². The molecule has 7 rings (SSSR count). The second kappa shape index (κ2) is 10.2. The van der Waals surface area contributed by atoms with E-state index in [4.69, 9.17) is 15.0 Å². The zero-order valence-electron chi connectivity index (χ0n) is 23.6. The van der Waals surface area contributed by atoms with Gasteiger partial charge in [-0.25, -0.2) is 15.0 Å². The molecular formula is C36H33N5. The molecule has 2 bridgehead atoms. The molecule has 2 heterocycles. The minimum absolute atomic E-state index is 0.290. The Morgan fingerprint density at radius 2 is 1.32 bits per heavy atom. The number of benzene rings is 3. The summed E-state index contributed by atoms with van der Waals surface area (Å²) in [4.78, 5) is 19.0. The predicted octanol–water partition coefficient (Wildman–Crippen LogP) is 8.40. The average Bonchev–Trinajstić information content (AvgIpc) is 3.00. The highest BCUT2D eigenvalue weighted by molar-refractivity contribution is 5.91. The van der Waals surface area contributed by atoms with E-state index in [1.165, 1.54) is 37.7 Å². The van der Waals surface area contributed by atoms with Gasteiger partial charge in [-0.3, -0.25) is 4.98 Å². The third-order valence-electron chi connectivity index (χ3n) is 9.22. The second-order valence-corrected chi connectivity index (χ2v) is 12.4.